The molecule has 0 atom stereocenters. The van der Waals surface area contributed by atoms with Crippen molar-refractivity contribution in [1.82, 2.24) is 25.5 Å². The minimum absolute atomic E-state index is 0.240. The first-order chi connectivity index (χ1) is 7.79. The van der Waals surface area contributed by atoms with E-state index in [-0.39, 0.29) is 5.82 Å². The number of hydrogen-bond donors (Lipinski definition) is 1. The largest absolute Gasteiger partial charge is 0.313 e. The molecule has 5 nitrogen and oxygen atoms in total. The molecule has 0 aliphatic heterocycles. The molecule has 0 saturated heterocycles. The highest BCUT2D eigenvalue weighted by Gasteiger charge is 2.05. The molecule has 1 aromatic carbocycles. The van der Waals surface area contributed by atoms with Crippen molar-refractivity contribution < 1.29 is 4.39 Å². The summed E-state index contributed by atoms with van der Waals surface area (Å²) in [6.07, 6.45) is 0. The predicted molar refractivity (Wildman–Crippen MR) is 56.1 cm³/mol. The second-order valence-electron chi connectivity index (χ2n) is 3.41. The molecule has 2 aromatic rings. The van der Waals surface area contributed by atoms with Crippen molar-refractivity contribution >= 4 is 0 Å². The van der Waals surface area contributed by atoms with Gasteiger partial charge in [0, 0.05) is 0 Å². The number of hydrogen-bond acceptors (Lipinski definition) is 4. The van der Waals surface area contributed by atoms with Gasteiger partial charge in [0.1, 0.15) is 5.82 Å². The summed E-state index contributed by atoms with van der Waals surface area (Å²) in [7, 11) is 1.83. The van der Waals surface area contributed by atoms with Gasteiger partial charge in [-0.3, -0.25) is 0 Å². The SMILES string of the molecule is CNCc1nnnn1Cc1ccc(F)cc1. The highest BCUT2D eigenvalue weighted by atomic mass is 19.1. The van der Waals surface area contributed by atoms with Crippen LogP contribution in [-0.4, -0.2) is 27.3 Å². The van der Waals surface area contributed by atoms with E-state index in [1.165, 1.54) is 12.1 Å². The average molecular weight is 221 g/mol. The van der Waals surface area contributed by atoms with E-state index in [9.17, 15) is 4.39 Å². The molecule has 0 radical (unpaired) electrons. The second-order valence-corrected chi connectivity index (χ2v) is 3.41. The highest BCUT2D eigenvalue weighted by Crippen LogP contribution is 2.05. The Bertz CT molecular complexity index is 450. The molecule has 0 amide bonds. The van der Waals surface area contributed by atoms with Crippen LogP contribution in [0.5, 0.6) is 0 Å². The van der Waals surface area contributed by atoms with E-state index in [1.54, 1.807) is 16.8 Å². The van der Waals surface area contributed by atoms with E-state index in [0.29, 0.717) is 13.1 Å². The number of aromatic nitrogens is 4. The molecule has 0 fully saturated rings. The zero-order valence-corrected chi connectivity index (χ0v) is 8.89. The number of tetrazole rings is 1. The van der Waals surface area contributed by atoms with Crippen molar-refractivity contribution in [1.29, 1.82) is 0 Å². The van der Waals surface area contributed by atoms with Gasteiger partial charge in [0.25, 0.3) is 0 Å². The first kappa shape index (κ1) is 10.7. The molecule has 0 bridgehead atoms. The molecular weight excluding hydrogens is 209 g/mol. The molecule has 84 valence electrons. The fourth-order valence-electron chi connectivity index (χ4n) is 1.39. The van der Waals surface area contributed by atoms with Gasteiger partial charge in [-0.1, -0.05) is 12.1 Å². The van der Waals surface area contributed by atoms with Gasteiger partial charge in [0.2, 0.25) is 0 Å². The number of benzene rings is 1. The standard InChI is InChI=1S/C10H12FN5/c1-12-6-10-13-14-15-16(10)7-8-2-4-9(11)5-3-8/h2-5,12H,6-7H2,1H3. The molecule has 1 N–H and O–H groups in total. The Morgan fingerprint density at radius 2 is 2.06 bits per heavy atom. The van der Waals surface area contributed by atoms with Crippen molar-refractivity contribution in [3.8, 4) is 0 Å². The summed E-state index contributed by atoms with van der Waals surface area (Å²) >= 11 is 0. The van der Waals surface area contributed by atoms with Crippen LogP contribution in [-0.2, 0) is 13.1 Å². The van der Waals surface area contributed by atoms with E-state index in [0.717, 1.165) is 11.4 Å². The van der Waals surface area contributed by atoms with Crippen molar-refractivity contribution in [2.45, 2.75) is 13.1 Å². The monoisotopic (exact) mass is 221 g/mol. The van der Waals surface area contributed by atoms with Gasteiger partial charge in [0.15, 0.2) is 5.82 Å². The summed E-state index contributed by atoms with van der Waals surface area (Å²) in [6.45, 7) is 1.15. The normalized spacial score (nSPS) is 10.6. The lowest BCUT2D eigenvalue weighted by molar-refractivity contribution is 0.597. The molecule has 6 heteroatoms. The molecule has 0 unspecified atom stereocenters. The first-order valence-electron chi connectivity index (χ1n) is 4.93. The number of rotatable bonds is 4. The fraction of sp³-hybridized carbons (Fsp3) is 0.300. The summed E-state index contributed by atoms with van der Waals surface area (Å²) in [5.41, 5.74) is 0.964. The Kier molecular flexibility index (Phi) is 3.21. The van der Waals surface area contributed by atoms with Crippen molar-refractivity contribution in [3.05, 3.63) is 41.5 Å². The topological polar surface area (TPSA) is 55.6 Å². The first-order valence-corrected chi connectivity index (χ1v) is 4.93. The van der Waals surface area contributed by atoms with E-state index >= 15 is 0 Å². The second kappa shape index (κ2) is 4.80. The van der Waals surface area contributed by atoms with Crippen LogP contribution < -0.4 is 5.32 Å². The van der Waals surface area contributed by atoms with Gasteiger partial charge in [-0.2, -0.15) is 0 Å². The molecule has 16 heavy (non-hydrogen) atoms. The lowest BCUT2D eigenvalue weighted by Crippen LogP contribution is -2.14. The third-order valence-electron chi connectivity index (χ3n) is 2.19. The quantitative estimate of drug-likeness (QED) is 0.820. The Balaban J connectivity index is 2.13. The van der Waals surface area contributed by atoms with Gasteiger partial charge >= 0.3 is 0 Å². The molecule has 0 aliphatic carbocycles. The van der Waals surface area contributed by atoms with Crippen LogP contribution >= 0.6 is 0 Å². The van der Waals surface area contributed by atoms with Crippen LogP contribution in [0.1, 0.15) is 11.4 Å². The van der Waals surface area contributed by atoms with Gasteiger partial charge in [-0.25, -0.2) is 9.07 Å². The average Bonchev–Trinajstić information content (AvgIpc) is 2.70. The van der Waals surface area contributed by atoms with Crippen molar-refractivity contribution in [3.63, 3.8) is 0 Å². The minimum Gasteiger partial charge on any atom is -0.313 e. The van der Waals surface area contributed by atoms with Crippen LogP contribution in [0, 0.1) is 5.82 Å². The lowest BCUT2D eigenvalue weighted by Gasteiger charge is -2.04. The fourth-order valence-corrected chi connectivity index (χ4v) is 1.39. The van der Waals surface area contributed by atoms with E-state index in [2.05, 4.69) is 20.8 Å². The Hall–Kier alpha value is -1.82. The smallest absolute Gasteiger partial charge is 0.165 e. The Morgan fingerprint density at radius 3 is 2.75 bits per heavy atom. The van der Waals surface area contributed by atoms with E-state index < -0.39 is 0 Å². The highest BCUT2D eigenvalue weighted by molar-refractivity contribution is 5.16. The molecular formula is C10H12FN5. The summed E-state index contributed by atoms with van der Waals surface area (Å²) in [5.74, 6) is 0.516. The van der Waals surface area contributed by atoms with Crippen molar-refractivity contribution in [2.24, 2.45) is 0 Å². The third kappa shape index (κ3) is 2.40. The van der Waals surface area contributed by atoms with Crippen molar-refractivity contribution in [2.75, 3.05) is 7.05 Å². The van der Waals surface area contributed by atoms with E-state index in [1.807, 2.05) is 7.05 Å². The van der Waals surface area contributed by atoms with Gasteiger partial charge < -0.3 is 5.32 Å². The zero-order chi connectivity index (χ0) is 11.4. The van der Waals surface area contributed by atoms with Crippen LogP contribution in [0.3, 0.4) is 0 Å². The number of nitrogens with one attached hydrogen (secondary N) is 1. The third-order valence-corrected chi connectivity index (χ3v) is 2.19. The summed E-state index contributed by atoms with van der Waals surface area (Å²) in [4.78, 5) is 0. The number of nitrogens with zero attached hydrogens (tertiary/aromatic N) is 4. The van der Waals surface area contributed by atoms with Gasteiger partial charge in [0.05, 0.1) is 13.1 Å². The maximum atomic E-state index is 12.7. The maximum Gasteiger partial charge on any atom is 0.165 e. The van der Waals surface area contributed by atoms with Crippen LogP contribution in [0.2, 0.25) is 0 Å². The summed E-state index contributed by atoms with van der Waals surface area (Å²) < 4.78 is 14.4. The molecule has 1 heterocycles. The predicted octanol–water partition coefficient (Wildman–Crippen LogP) is 0.580. The minimum atomic E-state index is -0.240. The Labute approximate surface area is 92.3 Å². The summed E-state index contributed by atoms with van der Waals surface area (Å²) in [5, 5.41) is 14.3. The Morgan fingerprint density at radius 1 is 1.31 bits per heavy atom. The van der Waals surface area contributed by atoms with Crippen LogP contribution in [0.15, 0.2) is 24.3 Å². The lowest BCUT2D eigenvalue weighted by atomic mass is 10.2. The molecule has 0 aliphatic rings. The molecule has 0 saturated carbocycles. The molecule has 2 rings (SSSR count). The van der Waals surface area contributed by atoms with Crippen LogP contribution in [0.4, 0.5) is 4.39 Å². The zero-order valence-electron chi connectivity index (χ0n) is 8.89. The number of halogens is 1. The van der Waals surface area contributed by atoms with Gasteiger partial charge in [-0.05, 0) is 35.2 Å². The summed E-state index contributed by atoms with van der Waals surface area (Å²) in [6, 6.07) is 6.30. The van der Waals surface area contributed by atoms with E-state index in [4.69, 9.17) is 0 Å². The maximum absolute atomic E-state index is 12.7. The van der Waals surface area contributed by atoms with Gasteiger partial charge in [-0.15, -0.1) is 5.10 Å². The molecule has 0 spiro atoms. The molecule has 1 aromatic heterocycles. The van der Waals surface area contributed by atoms with Crippen LogP contribution in [0.25, 0.3) is 0 Å².